The number of esters is 1. The van der Waals surface area contributed by atoms with Crippen molar-refractivity contribution in [2.45, 2.75) is 112 Å². The van der Waals surface area contributed by atoms with E-state index in [1.165, 1.54) is 15.4 Å². The molecule has 0 radical (unpaired) electrons. The number of carbonyl (C=O) groups excluding carboxylic acids is 1. The molecule has 2 aromatic rings. The molecule has 4 atom stereocenters. The van der Waals surface area contributed by atoms with Crippen LogP contribution in [0.25, 0.3) is 0 Å². The number of hydrogen-bond donors (Lipinski definition) is 1. The highest BCUT2D eigenvalue weighted by atomic mass is 31.2. The molecule has 0 saturated carbocycles. The Bertz CT molecular complexity index is 1210. The summed E-state index contributed by atoms with van der Waals surface area (Å²) in [6.07, 6.45) is 3.26. The number of nitrogens with zero attached hydrogens (tertiary/aromatic N) is 5. The standard InChI is InChI=1S/C25H41N6O6P/c1-10-18-19(11-21(36-18)30-12-17(6)22(32)26-24(30)34)37-38(31(15(2)3)16(4)5)20-13-29(28-27-20)14-35-23(33)25(7,8)9/h12-13,15-16,18-19,21H,10-11,14H2,1-9H3,(H,26,32,34)/t18-,19?,21-,38?/m1/s1. The van der Waals surface area contributed by atoms with Crippen molar-refractivity contribution >= 4 is 19.7 Å². The van der Waals surface area contributed by atoms with Crippen LogP contribution in [0, 0.1) is 12.3 Å². The van der Waals surface area contributed by atoms with Crippen LogP contribution >= 0.6 is 8.30 Å². The minimum atomic E-state index is -1.40. The third kappa shape index (κ3) is 6.97. The number of rotatable bonds is 10. The van der Waals surface area contributed by atoms with Gasteiger partial charge in [-0.05, 0) is 61.8 Å². The van der Waals surface area contributed by atoms with E-state index in [0.717, 1.165) is 0 Å². The van der Waals surface area contributed by atoms with Crippen LogP contribution in [0.5, 0.6) is 0 Å². The van der Waals surface area contributed by atoms with Crippen LogP contribution in [0.15, 0.2) is 22.0 Å². The van der Waals surface area contributed by atoms with Crippen LogP contribution in [-0.2, 0) is 25.5 Å². The Balaban J connectivity index is 1.87. The number of aromatic amines is 1. The van der Waals surface area contributed by atoms with Crippen molar-refractivity contribution in [3.63, 3.8) is 0 Å². The monoisotopic (exact) mass is 552 g/mol. The van der Waals surface area contributed by atoms with Crippen molar-refractivity contribution in [3.05, 3.63) is 38.8 Å². The third-order valence-electron chi connectivity index (χ3n) is 6.20. The second-order valence-electron chi connectivity index (χ2n) is 11.2. The van der Waals surface area contributed by atoms with Gasteiger partial charge >= 0.3 is 11.7 Å². The number of ether oxygens (including phenoxy) is 2. The SMILES string of the molecule is CC[C@H]1O[C@@H](n2cc(C)c(=O)[nH]c2=O)CC1OP(c1cn(COC(=O)C(C)(C)C)nn1)N(C(C)C)C(C)C. The summed E-state index contributed by atoms with van der Waals surface area (Å²) in [6, 6.07) is 0.292. The quantitative estimate of drug-likeness (QED) is 0.349. The van der Waals surface area contributed by atoms with Gasteiger partial charge in [-0.1, -0.05) is 12.1 Å². The fraction of sp³-hybridized carbons (Fsp3) is 0.720. The zero-order valence-electron chi connectivity index (χ0n) is 23.8. The van der Waals surface area contributed by atoms with Gasteiger partial charge in [0.15, 0.2) is 15.0 Å². The second kappa shape index (κ2) is 12.2. The maximum absolute atomic E-state index is 12.5. The van der Waals surface area contributed by atoms with E-state index in [2.05, 4.69) is 47.7 Å². The van der Waals surface area contributed by atoms with Crippen molar-refractivity contribution in [2.24, 2.45) is 5.41 Å². The van der Waals surface area contributed by atoms with Crippen LogP contribution in [-0.4, -0.2) is 59.5 Å². The van der Waals surface area contributed by atoms with Crippen molar-refractivity contribution in [2.75, 3.05) is 0 Å². The zero-order chi connectivity index (χ0) is 28.4. The van der Waals surface area contributed by atoms with Crippen LogP contribution in [0.1, 0.15) is 80.0 Å². The van der Waals surface area contributed by atoms with E-state index in [1.54, 1.807) is 33.9 Å². The van der Waals surface area contributed by atoms with Gasteiger partial charge in [0.05, 0.1) is 23.8 Å². The highest BCUT2D eigenvalue weighted by molar-refractivity contribution is 7.58. The predicted octanol–water partition coefficient (Wildman–Crippen LogP) is 2.82. The van der Waals surface area contributed by atoms with E-state index >= 15 is 0 Å². The van der Waals surface area contributed by atoms with E-state index in [-0.39, 0.29) is 37.0 Å². The summed E-state index contributed by atoms with van der Waals surface area (Å²) < 4.78 is 23.6. The highest BCUT2D eigenvalue weighted by Crippen LogP contribution is 2.48. The van der Waals surface area contributed by atoms with Gasteiger partial charge < -0.3 is 14.0 Å². The maximum Gasteiger partial charge on any atom is 0.330 e. The van der Waals surface area contributed by atoms with Crippen LogP contribution in [0.4, 0.5) is 0 Å². The minimum Gasteiger partial charge on any atom is -0.442 e. The average molecular weight is 553 g/mol. The molecule has 1 aliphatic heterocycles. The molecule has 1 fully saturated rings. The van der Waals surface area contributed by atoms with E-state index < -0.39 is 31.2 Å². The number of aryl methyl sites for hydroxylation is 1. The van der Waals surface area contributed by atoms with Crippen molar-refractivity contribution in [1.29, 1.82) is 0 Å². The molecule has 3 rings (SSSR count). The lowest BCUT2D eigenvalue weighted by molar-refractivity contribution is -0.157. The Hall–Kier alpha value is -2.40. The Morgan fingerprint density at radius 1 is 1.24 bits per heavy atom. The Labute approximate surface area is 224 Å². The number of aromatic nitrogens is 5. The van der Waals surface area contributed by atoms with E-state index in [1.807, 2.05) is 6.92 Å². The maximum atomic E-state index is 12.5. The first-order valence-electron chi connectivity index (χ1n) is 13.0. The number of hydrogen-bond acceptors (Lipinski definition) is 9. The van der Waals surface area contributed by atoms with E-state index in [0.29, 0.717) is 23.8 Å². The molecule has 1 N–H and O–H groups in total. The van der Waals surface area contributed by atoms with Gasteiger partial charge in [-0.15, -0.1) is 5.10 Å². The summed E-state index contributed by atoms with van der Waals surface area (Å²) in [5.74, 6) is -0.327. The number of carbonyl (C=O) groups is 1. The molecule has 1 aliphatic rings. The second-order valence-corrected chi connectivity index (χ2v) is 12.8. The van der Waals surface area contributed by atoms with E-state index in [9.17, 15) is 14.4 Å². The van der Waals surface area contributed by atoms with Gasteiger partial charge in [0, 0.05) is 30.3 Å². The predicted molar refractivity (Wildman–Crippen MR) is 144 cm³/mol. The molecule has 3 heterocycles. The fourth-order valence-electron chi connectivity index (χ4n) is 4.30. The Morgan fingerprint density at radius 2 is 1.89 bits per heavy atom. The molecule has 13 heteroatoms. The third-order valence-corrected chi connectivity index (χ3v) is 8.62. The van der Waals surface area contributed by atoms with Gasteiger partial charge in [0.2, 0.25) is 0 Å². The Kier molecular flexibility index (Phi) is 9.67. The lowest BCUT2D eigenvalue weighted by Gasteiger charge is -2.37. The minimum absolute atomic E-state index is 0.0453. The van der Waals surface area contributed by atoms with Gasteiger partial charge in [-0.3, -0.25) is 23.8 Å². The first kappa shape index (κ1) is 30.1. The fourth-order valence-corrected chi connectivity index (χ4v) is 6.42. The summed E-state index contributed by atoms with van der Waals surface area (Å²) in [6.45, 7) is 17.4. The first-order valence-corrected chi connectivity index (χ1v) is 14.2. The molecule has 2 aromatic heterocycles. The molecule has 38 heavy (non-hydrogen) atoms. The van der Waals surface area contributed by atoms with E-state index in [4.69, 9.17) is 14.0 Å². The largest absolute Gasteiger partial charge is 0.442 e. The molecular formula is C25H41N6O6P. The molecule has 0 spiro atoms. The number of H-pyrrole nitrogens is 1. The molecule has 1 saturated heterocycles. The highest BCUT2D eigenvalue weighted by Gasteiger charge is 2.41. The molecule has 0 amide bonds. The molecule has 2 unspecified atom stereocenters. The molecule has 0 bridgehead atoms. The topological polar surface area (TPSA) is 134 Å². The molecule has 0 aromatic carbocycles. The van der Waals surface area contributed by atoms with Gasteiger partial charge in [0.25, 0.3) is 5.56 Å². The first-order chi connectivity index (χ1) is 17.7. The molecular weight excluding hydrogens is 511 g/mol. The Morgan fingerprint density at radius 3 is 2.47 bits per heavy atom. The molecule has 12 nitrogen and oxygen atoms in total. The summed E-state index contributed by atoms with van der Waals surface area (Å²) in [5.41, 5.74) is -0.464. The zero-order valence-corrected chi connectivity index (χ0v) is 24.7. The van der Waals surface area contributed by atoms with Crippen molar-refractivity contribution in [1.82, 2.24) is 29.2 Å². The van der Waals surface area contributed by atoms with Crippen LogP contribution < -0.4 is 16.7 Å². The summed E-state index contributed by atoms with van der Waals surface area (Å²) in [5, 5.41) is 8.58. The lowest BCUT2D eigenvalue weighted by atomic mass is 9.98. The van der Waals surface area contributed by atoms with Crippen LogP contribution in [0.3, 0.4) is 0 Å². The molecule has 212 valence electrons. The molecule has 0 aliphatic carbocycles. The lowest BCUT2D eigenvalue weighted by Crippen LogP contribution is -2.38. The normalized spacial score (nSPS) is 21.0. The number of nitrogens with one attached hydrogen (secondary N) is 1. The van der Waals surface area contributed by atoms with Gasteiger partial charge in [0.1, 0.15) is 11.7 Å². The van der Waals surface area contributed by atoms with Gasteiger partial charge in [-0.2, -0.15) is 0 Å². The summed E-state index contributed by atoms with van der Waals surface area (Å²) in [4.78, 5) is 38.9. The van der Waals surface area contributed by atoms with Gasteiger partial charge in [-0.25, -0.2) is 9.48 Å². The summed E-state index contributed by atoms with van der Waals surface area (Å²) in [7, 11) is -1.40. The van der Waals surface area contributed by atoms with Crippen molar-refractivity contribution in [3.8, 4) is 0 Å². The smallest absolute Gasteiger partial charge is 0.330 e. The summed E-state index contributed by atoms with van der Waals surface area (Å²) >= 11 is 0. The average Bonchev–Trinajstić information content (AvgIpc) is 3.45. The van der Waals surface area contributed by atoms with Crippen LogP contribution in [0.2, 0.25) is 0 Å². The van der Waals surface area contributed by atoms with Crippen molar-refractivity contribution < 1.29 is 18.8 Å².